The molecule has 0 aliphatic heterocycles. The fourth-order valence-electron chi connectivity index (χ4n) is 2.65. The molecule has 0 unspecified atom stereocenters. The quantitative estimate of drug-likeness (QED) is 0.364. The first kappa shape index (κ1) is 23.5. The molecule has 2 aromatic carbocycles. The summed E-state index contributed by atoms with van der Waals surface area (Å²) in [5.41, 5.74) is -1.75. The normalized spacial score (nSPS) is 11.8. The van der Waals surface area contributed by atoms with Crippen LogP contribution in [-0.4, -0.2) is 80.0 Å². The molecule has 0 atom stereocenters. The number of carbonyl (C=O) groups is 2. The second-order valence-electron chi connectivity index (χ2n) is 5.83. The molecule has 150 valence electrons. The van der Waals surface area contributed by atoms with Crippen molar-refractivity contribution in [3.63, 3.8) is 0 Å². The Bertz CT molecular complexity index is 1220. The van der Waals surface area contributed by atoms with Crippen LogP contribution in [0.3, 0.4) is 0 Å². The Morgan fingerprint density at radius 1 is 0.828 bits per heavy atom. The van der Waals surface area contributed by atoms with Crippen molar-refractivity contribution in [3.8, 4) is 11.1 Å². The zero-order valence-electron chi connectivity index (χ0n) is 15.4. The first-order valence-electron chi connectivity index (χ1n) is 7.72. The van der Waals surface area contributed by atoms with Gasteiger partial charge in [0.2, 0.25) is 0 Å². The zero-order chi connectivity index (χ0) is 22.1. The predicted molar refractivity (Wildman–Crippen MR) is 99.6 cm³/mol. The van der Waals surface area contributed by atoms with Crippen molar-refractivity contribution in [1.82, 2.24) is 0 Å². The minimum atomic E-state index is -5.05. The summed E-state index contributed by atoms with van der Waals surface area (Å²) in [5, 5.41) is 0. The third kappa shape index (κ3) is 5.04. The Balaban J connectivity index is 3.13. The van der Waals surface area contributed by atoms with Gasteiger partial charge in [-0.25, -0.2) is 0 Å². The Hall–Kier alpha value is -1.80. The van der Waals surface area contributed by atoms with E-state index in [1.807, 2.05) is 0 Å². The maximum absolute atomic E-state index is 12.3. The molecule has 2 N–H and O–H groups in total. The van der Waals surface area contributed by atoms with Crippen LogP contribution in [0.2, 0.25) is 0 Å². The van der Waals surface area contributed by atoms with E-state index in [0.717, 1.165) is 26.4 Å². The fraction of sp³-hybridized carbons (Fsp3) is 0.125. The molecule has 13 heteroatoms. The fourth-order valence-corrected chi connectivity index (χ4v) is 4.83. The van der Waals surface area contributed by atoms with Gasteiger partial charge >= 0.3 is 185 Å². The molecule has 0 bridgehead atoms. The molecule has 0 aliphatic carbocycles. The Morgan fingerprint density at radius 2 is 1.38 bits per heavy atom. The Kier molecular flexibility index (Phi) is 6.89. The van der Waals surface area contributed by atoms with E-state index in [9.17, 15) is 35.5 Å². The summed E-state index contributed by atoms with van der Waals surface area (Å²) in [5.74, 6) is -2.24. The number of rotatable bonds is 5. The number of hydrogen-bond acceptors (Lipinski definition) is 8. The second-order valence-corrected chi connectivity index (χ2v) is 9.76. The van der Waals surface area contributed by atoms with Crippen LogP contribution in [0.4, 0.5) is 0 Å². The SMILES string of the molecule is COC(=O)c1cc(-c2cc[c]([Na])cc2S(=O)(=O)O)c(C(=O)OC)c(S(=O)(=O)O)c1. The molecule has 29 heavy (non-hydrogen) atoms. The van der Waals surface area contributed by atoms with Crippen LogP contribution in [0.5, 0.6) is 0 Å². The number of esters is 2. The van der Waals surface area contributed by atoms with E-state index in [-0.39, 0.29) is 16.7 Å². The third-order valence-corrected chi connectivity index (χ3v) is 6.29. The maximum atomic E-state index is 12.3. The first-order valence-corrected chi connectivity index (χ1v) is 11.6. The van der Waals surface area contributed by atoms with Gasteiger partial charge in [-0.3, -0.25) is 0 Å². The standard InChI is InChI=1S/C16H13O10S2.Na/c1-25-15(17)9-7-11(10-5-3-4-6-12(10)27(19,20)21)14(16(18)26-2)13(8-9)28(22,23)24;/h3,5-8H,1-2H3,(H,19,20,21)(H,22,23,24);. The van der Waals surface area contributed by atoms with Gasteiger partial charge in [0, 0.05) is 0 Å². The number of methoxy groups -OCH3 is 2. The number of benzene rings is 2. The summed E-state index contributed by atoms with van der Waals surface area (Å²) < 4.78 is 76.4. The van der Waals surface area contributed by atoms with Gasteiger partial charge in [0.05, 0.1) is 0 Å². The van der Waals surface area contributed by atoms with E-state index >= 15 is 0 Å². The van der Waals surface area contributed by atoms with Crippen LogP contribution in [0.15, 0.2) is 40.1 Å². The average Bonchev–Trinajstić information content (AvgIpc) is 2.64. The van der Waals surface area contributed by atoms with Crippen molar-refractivity contribution in [2.75, 3.05) is 14.2 Å². The molecular formula is C16H13NaO10S2. The van der Waals surface area contributed by atoms with Crippen LogP contribution < -0.4 is 2.81 Å². The van der Waals surface area contributed by atoms with Gasteiger partial charge in [-0.05, 0) is 0 Å². The van der Waals surface area contributed by atoms with Gasteiger partial charge < -0.3 is 0 Å². The topological polar surface area (TPSA) is 161 Å². The molecule has 0 heterocycles. The van der Waals surface area contributed by atoms with Gasteiger partial charge in [-0.15, -0.1) is 0 Å². The molecule has 0 saturated heterocycles. The van der Waals surface area contributed by atoms with Crippen molar-refractivity contribution in [3.05, 3.63) is 41.5 Å². The summed E-state index contributed by atoms with van der Waals surface area (Å²) >= 11 is 0.421. The monoisotopic (exact) mass is 452 g/mol. The molecule has 0 spiro atoms. The van der Waals surface area contributed by atoms with Crippen molar-refractivity contribution < 1.29 is 45.0 Å². The van der Waals surface area contributed by atoms with Crippen molar-refractivity contribution in [2.45, 2.75) is 9.79 Å². The summed E-state index contributed by atoms with van der Waals surface area (Å²) in [6.07, 6.45) is 0. The molecule has 2 rings (SSSR count). The first-order chi connectivity index (χ1) is 13.3. The van der Waals surface area contributed by atoms with E-state index < -0.39 is 47.5 Å². The summed E-state index contributed by atoms with van der Waals surface area (Å²) in [6.45, 7) is 0. The predicted octanol–water partition coefficient (Wildman–Crippen LogP) is 0.214. The number of hydrogen-bond donors (Lipinski definition) is 2. The molecule has 0 fully saturated rings. The van der Waals surface area contributed by atoms with Gasteiger partial charge in [-0.2, -0.15) is 0 Å². The summed E-state index contributed by atoms with van der Waals surface area (Å²) in [7, 11) is -7.89. The molecule has 0 aliphatic rings. The van der Waals surface area contributed by atoms with E-state index in [1.54, 1.807) is 0 Å². The van der Waals surface area contributed by atoms with Crippen molar-refractivity contribution >= 4 is 62.9 Å². The van der Waals surface area contributed by atoms with Crippen molar-refractivity contribution in [1.29, 1.82) is 0 Å². The van der Waals surface area contributed by atoms with Gasteiger partial charge in [-0.1, -0.05) is 0 Å². The van der Waals surface area contributed by atoms with Crippen LogP contribution in [0.25, 0.3) is 11.1 Å². The van der Waals surface area contributed by atoms with Gasteiger partial charge in [0.1, 0.15) is 0 Å². The molecular weight excluding hydrogens is 439 g/mol. The molecule has 2 aromatic rings. The number of ether oxygens (including phenoxy) is 2. The summed E-state index contributed by atoms with van der Waals surface area (Å²) in [6, 6.07) is 5.59. The van der Waals surface area contributed by atoms with Gasteiger partial charge in [0.15, 0.2) is 0 Å². The number of carbonyl (C=O) groups excluding carboxylic acids is 2. The second kappa shape index (κ2) is 8.52. The van der Waals surface area contributed by atoms with Gasteiger partial charge in [0.25, 0.3) is 0 Å². The summed E-state index contributed by atoms with van der Waals surface area (Å²) in [4.78, 5) is 22.7. The Morgan fingerprint density at radius 3 is 1.86 bits per heavy atom. The molecule has 10 nitrogen and oxygen atoms in total. The molecule has 0 radical (unpaired) electrons. The Labute approximate surface area is 183 Å². The van der Waals surface area contributed by atoms with Crippen LogP contribution in [-0.2, 0) is 29.7 Å². The van der Waals surface area contributed by atoms with Crippen molar-refractivity contribution in [2.24, 2.45) is 0 Å². The average molecular weight is 452 g/mol. The van der Waals surface area contributed by atoms with E-state index in [4.69, 9.17) is 0 Å². The van der Waals surface area contributed by atoms with Crippen LogP contribution >= 0.6 is 0 Å². The third-order valence-electron chi connectivity index (χ3n) is 3.90. The van der Waals surface area contributed by atoms with E-state index in [0.29, 0.717) is 36.8 Å². The zero-order valence-corrected chi connectivity index (χ0v) is 19.0. The molecule has 0 aromatic heterocycles. The van der Waals surface area contributed by atoms with E-state index in [1.165, 1.54) is 12.1 Å². The van der Waals surface area contributed by atoms with Crippen LogP contribution in [0.1, 0.15) is 20.7 Å². The van der Waals surface area contributed by atoms with Crippen LogP contribution in [0, 0.1) is 0 Å². The molecule has 0 amide bonds. The van der Waals surface area contributed by atoms with E-state index in [2.05, 4.69) is 9.47 Å². The molecule has 0 saturated carbocycles. The minimum absolute atomic E-state index is 0.275.